The third-order valence-electron chi connectivity index (χ3n) is 6.25. The average molecular weight is 801 g/mol. The lowest BCUT2D eigenvalue weighted by molar-refractivity contribution is -0.139. The van der Waals surface area contributed by atoms with Crippen molar-refractivity contribution < 1.29 is 39.6 Å². The van der Waals surface area contributed by atoms with Crippen LogP contribution < -0.4 is 22.9 Å². The fraction of sp³-hybridized carbons (Fsp3) is 0.636. The van der Waals surface area contributed by atoms with E-state index in [1.54, 1.807) is 0 Å². The predicted molar refractivity (Wildman–Crippen MR) is 241 cm³/mol. The van der Waals surface area contributed by atoms with Gasteiger partial charge in [0.1, 0.15) is 24.2 Å². The molecular weight excluding hydrogens is 713 g/mol. The van der Waals surface area contributed by atoms with Gasteiger partial charge in [0.05, 0.1) is 0 Å². The Bertz CT molecular complexity index is 852. The Labute approximate surface area is 343 Å². The zero-order valence-electron chi connectivity index (χ0n) is 36.8. The first kappa shape index (κ1) is 70.0. The van der Waals surface area contributed by atoms with Gasteiger partial charge in [-0.05, 0) is 64.2 Å². The Morgan fingerprint density at radius 3 is 0.768 bits per heavy atom. The van der Waals surface area contributed by atoms with Gasteiger partial charge in [0, 0.05) is 0 Å². The van der Waals surface area contributed by atoms with Crippen molar-refractivity contribution in [2.45, 2.75) is 182 Å². The van der Waals surface area contributed by atoms with E-state index in [1.165, 1.54) is 50.7 Å². The van der Waals surface area contributed by atoms with Gasteiger partial charge in [0.15, 0.2) is 0 Å². The summed E-state index contributed by atoms with van der Waals surface area (Å²) in [5, 5.41) is 33.7. The van der Waals surface area contributed by atoms with Crippen LogP contribution in [0.3, 0.4) is 0 Å². The molecule has 0 rings (SSSR count). The van der Waals surface area contributed by atoms with Gasteiger partial charge in [-0.2, -0.15) is 0 Å². The highest BCUT2D eigenvalue weighted by Crippen LogP contribution is 2.04. The van der Waals surface area contributed by atoms with E-state index in [1.807, 2.05) is 24.3 Å². The maximum atomic E-state index is 10.3. The third-order valence-corrected chi connectivity index (χ3v) is 6.25. The van der Waals surface area contributed by atoms with Crippen molar-refractivity contribution in [2.24, 2.45) is 22.9 Å². The van der Waals surface area contributed by atoms with Crippen LogP contribution in [0.5, 0.6) is 0 Å². The summed E-state index contributed by atoms with van der Waals surface area (Å²) in [5.74, 6) is -4.24. The molecule has 0 aliphatic heterocycles. The van der Waals surface area contributed by atoms with Crippen molar-refractivity contribution in [2.75, 3.05) is 0 Å². The fourth-order valence-electron chi connectivity index (χ4n) is 2.50. The van der Waals surface area contributed by atoms with Gasteiger partial charge in [-0.25, -0.2) is 0 Å². The molecule has 0 aromatic carbocycles. The summed E-state index contributed by atoms with van der Waals surface area (Å²) in [6.07, 6.45) is 29.3. The number of nitrogens with two attached hydrogens (primary N) is 4. The molecule has 56 heavy (non-hydrogen) atoms. The molecule has 12 heteroatoms. The van der Waals surface area contributed by atoms with E-state index in [9.17, 15) is 19.2 Å². The first-order valence-corrected chi connectivity index (χ1v) is 20.1. The van der Waals surface area contributed by atoms with E-state index in [4.69, 9.17) is 43.4 Å². The maximum Gasteiger partial charge on any atom is 0.320 e. The first-order valence-electron chi connectivity index (χ1n) is 20.1. The lowest BCUT2D eigenvalue weighted by Crippen LogP contribution is -2.31. The minimum atomic E-state index is -1.09. The van der Waals surface area contributed by atoms with Crippen molar-refractivity contribution in [3.8, 4) is 0 Å². The number of allylic oxidation sites excluding steroid dienone is 6. The molecule has 4 unspecified atom stereocenters. The monoisotopic (exact) mass is 801 g/mol. The normalized spacial score (nSPS) is 11.4. The number of rotatable bonds is 22. The Morgan fingerprint density at radius 2 is 0.625 bits per heavy atom. The molecule has 0 saturated heterocycles. The van der Waals surface area contributed by atoms with Crippen LogP contribution in [0.15, 0.2) is 74.9 Å². The SMILES string of the molecule is C=CCC.C=CCC.C=CCC.C=CCC.CCC=CCC.CCCCCC.NC(CC=CCC(N)C(=O)O)C(=O)O.NC(CCCCC(N)C(=O)O)C(=O)O. The lowest BCUT2D eigenvalue weighted by Gasteiger charge is -2.07. The minimum absolute atomic E-state index is 0.168. The van der Waals surface area contributed by atoms with Crippen LogP contribution in [-0.4, -0.2) is 68.5 Å². The molecule has 12 nitrogen and oxygen atoms in total. The highest BCUT2D eigenvalue weighted by molar-refractivity contribution is 5.74. The zero-order chi connectivity index (χ0) is 45.6. The van der Waals surface area contributed by atoms with E-state index in [2.05, 4.69) is 93.9 Å². The van der Waals surface area contributed by atoms with Crippen molar-refractivity contribution in [1.82, 2.24) is 0 Å². The number of unbranched alkanes of at least 4 members (excludes halogenated alkanes) is 4. The van der Waals surface area contributed by atoms with Crippen LogP contribution in [0.25, 0.3) is 0 Å². The number of aliphatic carboxylic acids is 4. The van der Waals surface area contributed by atoms with Crippen LogP contribution in [0.4, 0.5) is 0 Å². The molecule has 0 spiro atoms. The summed E-state index contributed by atoms with van der Waals surface area (Å²) < 4.78 is 0. The Hall–Kier alpha value is -3.84. The van der Waals surface area contributed by atoms with Gasteiger partial charge in [0.2, 0.25) is 0 Å². The van der Waals surface area contributed by atoms with E-state index in [0.717, 1.165) is 25.7 Å². The molecule has 332 valence electrons. The van der Waals surface area contributed by atoms with Crippen LogP contribution in [0, 0.1) is 0 Å². The van der Waals surface area contributed by atoms with Gasteiger partial charge in [0.25, 0.3) is 0 Å². The van der Waals surface area contributed by atoms with E-state index in [0.29, 0.717) is 25.7 Å². The molecule has 0 aliphatic rings. The van der Waals surface area contributed by atoms with Crippen molar-refractivity contribution in [3.63, 3.8) is 0 Å². The first-order chi connectivity index (χ1) is 26.4. The summed E-state index contributed by atoms with van der Waals surface area (Å²) in [6.45, 7) is 30.9. The van der Waals surface area contributed by atoms with Crippen LogP contribution in [-0.2, 0) is 19.2 Å². The number of hydrogen-bond donors (Lipinski definition) is 8. The van der Waals surface area contributed by atoms with Crippen LogP contribution in [0.2, 0.25) is 0 Å². The average Bonchev–Trinajstić information content (AvgIpc) is 3.19. The number of hydrogen-bond acceptors (Lipinski definition) is 8. The number of carbonyl (C=O) groups is 4. The summed E-state index contributed by atoms with van der Waals surface area (Å²) in [5.41, 5.74) is 20.9. The Balaban J connectivity index is -0.0000000840. The maximum absolute atomic E-state index is 10.3. The molecule has 4 atom stereocenters. The standard InChI is InChI=1S/C8H16N2O4.C8H14N2O4.C6H14.C6H12.4C4H8/c2*9-5(7(11)12)3-1-2-4-6(10)8(13)14;2*1-3-5-6-4-2;4*1-3-4-2/h5-6H,1-4,9-10H2,(H,11,12)(H,13,14);1-2,5-6H,3-4,9-10H2,(H,11,12)(H,13,14);3-6H2,1-2H3;5-6H,3-4H2,1-2H3;4*3H,1,4H2,2H3. The van der Waals surface area contributed by atoms with Crippen molar-refractivity contribution in [1.29, 1.82) is 0 Å². The molecular formula is C44H88N4O8. The second-order valence-electron chi connectivity index (χ2n) is 11.8. The van der Waals surface area contributed by atoms with Crippen LogP contribution >= 0.6 is 0 Å². The third kappa shape index (κ3) is 92.7. The van der Waals surface area contributed by atoms with Crippen molar-refractivity contribution in [3.05, 3.63) is 74.9 Å². The molecule has 0 bridgehead atoms. The number of carboxylic acid groups (broad SMARTS) is 4. The molecule has 0 fully saturated rings. The molecule has 0 heterocycles. The summed E-state index contributed by atoms with van der Waals surface area (Å²) in [6, 6.07) is -3.63. The van der Waals surface area contributed by atoms with Crippen molar-refractivity contribution >= 4 is 23.9 Å². The highest BCUT2D eigenvalue weighted by atomic mass is 16.4. The zero-order valence-corrected chi connectivity index (χ0v) is 36.8. The van der Waals surface area contributed by atoms with Gasteiger partial charge in [-0.1, -0.05) is 143 Å². The molecule has 12 N–H and O–H groups in total. The minimum Gasteiger partial charge on any atom is -0.480 e. The van der Waals surface area contributed by atoms with E-state index in [-0.39, 0.29) is 12.8 Å². The Kier molecular flexibility index (Phi) is 82.5. The lowest BCUT2D eigenvalue weighted by atomic mass is 10.1. The van der Waals surface area contributed by atoms with E-state index >= 15 is 0 Å². The molecule has 0 saturated carbocycles. The largest absolute Gasteiger partial charge is 0.480 e. The second kappa shape index (κ2) is 66.0. The van der Waals surface area contributed by atoms with E-state index < -0.39 is 48.0 Å². The van der Waals surface area contributed by atoms with Gasteiger partial charge >= 0.3 is 23.9 Å². The molecule has 0 aliphatic carbocycles. The smallest absolute Gasteiger partial charge is 0.320 e. The topological polar surface area (TPSA) is 253 Å². The summed E-state index contributed by atoms with van der Waals surface area (Å²) in [7, 11) is 0. The predicted octanol–water partition coefficient (Wildman–Crippen LogP) is 9.80. The Morgan fingerprint density at radius 1 is 0.411 bits per heavy atom. The fourth-order valence-corrected chi connectivity index (χ4v) is 2.50. The van der Waals surface area contributed by atoms with Gasteiger partial charge in [-0.3, -0.25) is 19.2 Å². The van der Waals surface area contributed by atoms with Gasteiger partial charge < -0.3 is 43.4 Å². The summed E-state index contributed by atoms with van der Waals surface area (Å²) >= 11 is 0. The molecule has 0 aromatic rings. The molecule has 0 radical (unpaired) electrons. The highest BCUT2D eigenvalue weighted by Gasteiger charge is 2.13. The molecule has 0 aromatic heterocycles. The van der Waals surface area contributed by atoms with Crippen LogP contribution in [0.1, 0.15) is 158 Å². The quantitative estimate of drug-likeness (QED) is 0.0376. The second-order valence-corrected chi connectivity index (χ2v) is 11.8. The van der Waals surface area contributed by atoms with Gasteiger partial charge in [-0.15, -0.1) is 26.3 Å². The number of carboxylic acids is 4. The summed E-state index contributed by atoms with van der Waals surface area (Å²) in [4.78, 5) is 41.1. The molecule has 0 amide bonds.